The Hall–Kier alpha value is -1.36. The Morgan fingerprint density at radius 2 is 1.80 bits per heavy atom. The quantitative estimate of drug-likeness (QED) is 0.811. The molecule has 15 heavy (non-hydrogen) atoms. The van der Waals surface area contributed by atoms with Gasteiger partial charge in [0.15, 0.2) is 0 Å². The summed E-state index contributed by atoms with van der Waals surface area (Å²) >= 11 is 0.978. The molecule has 1 aromatic rings. The topological polar surface area (TPSA) is 66.4 Å². The summed E-state index contributed by atoms with van der Waals surface area (Å²) < 4.78 is 0. The minimum absolute atomic E-state index is 0.175. The van der Waals surface area contributed by atoms with E-state index in [-0.39, 0.29) is 16.3 Å². The molecule has 0 aliphatic heterocycles. The van der Waals surface area contributed by atoms with Gasteiger partial charge in [0.1, 0.15) is 4.88 Å². The number of carbonyl (C=O) groups excluding carboxylic acids is 1. The number of hydrogen-bond acceptors (Lipinski definition) is 3. The third-order valence-corrected chi connectivity index (χ3v) is 2.60. The molecule has 2 N–H and O–H groups in total. The van der Waals surface area contributed by atoms with Gasteiger partial charge in [-0.2, -0.15) is 0 Å². The Labute approximate surface area is 91.9 Å². The summed E-state index contributed by atoms with van der Waals surface area (Å²) in [6.45, 7) is 5.61. The van der Waals surface area contributed by atoms with Gasteiger partial charge in [0, 0.05) is 5.54 Å². The van der Waals surface area contributed by atoms with Crippen molar-refractivity contribution in [1.82, 2.24) is 5.32 Å². The average Bonchev–Trinajstić information content (AvgIpc) is 2.47. The number of carbonyl (C=O) groups is 2. The number of carboxylic acids is 1. The second kappa shape index (κ2) is 4.02. The van der Waals surface area contributed by atoms with Crippen LogP contribution in [0.1, 0.15) is 40.1 Å². The SMILES string of the molecule is CC(C)(C)NC(=O)c1ccc(C(=O)O)s1. The van der Waals surface area contributed by atoms with E-state index in [1.54, 1.807) is 0 Å². The lowest BCUT2D eigenvalue weighted by atomic mass is 10.1. The van der Waals surface area contributed by atoms with Crippen LogP contribution in [-0.4, -0.2) is 22.5 Å². The molecule has 0 radical (unpaired) electrons. The Morgan fingerprint density at radius 1 is 1.27 bits per heavy atom. The van der Waals surface area contributed by atoms with Gasteiger partial charge in [-0.05, 0) is 32.9 Å². The first-order chi connectivity index (χ1) is 6.79. The molecule has 0 spiro atoms. The van der Waals surface area contributed by atoms with Crippen molar-refractivity contribution in [2.45, 2.75) is 26.3 Å². The van der Waals surface area contributed by atoms with Crippen LogP contribution in [0.25, 0.3) is 0 Å². The van der Waals surface area contributed by atoms with Crippen LogP contribution < -0.4 is 5.32 Å². The fourth-order valence-electron chi connectivity index (χ4n) is 0.977. The van der Waals surface area contributed by atoms with E-state index < -0.39 is 5.97 Å². The molecule has 0 saturated heterocycles. The first-order valence-corrected chi connectivity index (χ1v) is 5.27. The lowest BCUT2D eigenvalue weighted by Gasteiger charge is -2.19. The molecular formula is C10H13NO3S. The summed E-state index contributed by atoms with van der Waals surface area (Å²) in [5.41, 5.74) is -0.315. The van der Waals surface area contributed by atoms with Crippen molar-refractivity contribution in [2.75, 3.05) is 0 Å². The third-order valence-electron chi connectivity index (χ3n) is 1.53. The van der Waals surface area contributed by atoms with Gasteiger partial charge in [-0.15, -0.1) is 11.3 Å². The van der Waals surface area contributed by atoms with Gasteiger partial charge in [-0.3, -0.25) is 4.79 Å². The molecule has 1 heterocycles. The first kappa shape index (κ1) is 11.7. The second-order valence-corrected chi connectivity index (χ2v) is 5.26. The molecule has 0 saturated carbocycles. The Balaban J connectivity index is 2.79. The second-order valence-electron chi connectivity index (χ2n) is 4.17. The molecular weight excluding hydrogens is 214 g/mol. The number of hydrogen-bond donors (Lipinski definition) is 2. The molecule has 0 fully saturated rings. The summed E-state index contributed by atoms with van der Waals surface area (Å²) in [5.74, 6) is -1.24. The molecule has 82 valence electrons. The molecule has 0 unspecified atom stereocenters. The first-order valence-electron chi connectivity index (χ1n) is 4.45. The lowest BCUT2D eigenvalue weighted by molar-refractivity contribution is 0.0702. The highest BCUT2D eigenvalue weighted by atomic mass is 32.1. The smallest absolute Gasteiger partial charge is 0.345 e. The predicted octanol–water partition coefficient (Wildman–Crippen LogP) is 1.97. The molecule has 0 aliphatic carbocycles. The van der Waals surface area contributed by atoms with Gasteiger partial charge in [0.25, 0.3) is 5.91 Å². The monoisotopic (exact) mass is 227 g/mol. The standard InChI is InChI=1S/C10H13NO3S/c1-10(2,3)11-8(12)6-4-5-7(15-6)9(13)14/h4-5H,1-3H3,(H,11,12)(H,13,14). The van der Waals surface area contributed by atoms with E-state index >= 15 is 0 Å². The van der Waals surface area contributed by atoms with Crippen LogP contribution in [0.3, 0.4) is 0 Å². The van der Waals surface area contributed by atoms with Crippen LogP contribution in [-0.2, 0) is 0 Å². The summed E-state index contributed by atoms with van der Waals surface area (Å²) in [5, 5.41) is 11.5. The summed E-state index contributed by atoms with van der Waals surface area (Å²) in [6, 6.07) is 2.96. The van der Waals surface area contributed by atoms with Crippen LogP contribution in [0.15, 0.2) is 12.1 Å². The van der Waals surface area contributed by atoms with Crippen molar-refractivity contribution < 1.29 is 14.7 Å². The van der Waals surface area contributed by atoms with Crippen molar-refractivity contribution in [2.24, 2.45) is 0 Å². The maximum atomic E-state index is 11.6. The number of amides is 1. The fourth-order valence-corrected chi connectivity index (χ4v) is 1.72. The number of carboxylic acid groups (broad SMARTS) is 1. The van der Waals surface area contributed by atoms with Crippen LogP contribution in [0, 0.1) is 0 Å². The molecule has 0 aliphatic rings. The predicted molar refractivity (Wildman–Crippen MR) is 58.5 cm³/mol. The van der Waals surface area contributed by atoms with E-state index in [1.807, 2.05) is 20.8 Å². The molecule has 0 atom stereocenters. The van der Waals surface area contributed by atoms with Gasteiger partial charge < -0.3 is 10.4 Å². The van der Waals surface area contributed by atoms with Crippen LogP contribution >= 0.6 is 11.3 Å². The highest BCUT2D eigenvalue weighted by molar-refractivity contribution is 7.15. The molecule has 4 nitrogen and oxygen atoms in total. The maximum absolute atomic E-state index is 11.6. The Kier molecular flexibility index (Phi) is 3.14. The molecule has 1 rings (SSSR count). The minimum atomic E-state index is -1.00. The van der Waals surface area contributed by atoms with Gasteiger partial charge in [0.05, 0.1) is 4.88 Å². The molecule has 5 heteroatoms. The summed E-state index contributed by atoms with van der Waals surface area (Å²) in [4.78, 5) is 22.8. The van der Waals surface area contributed by atoms with Gasteiger partial charge >= 0.3 is 5.97 Å². The molecule has 0 bridgehead atoms. The number of nitrogens with one attached hydrogen (secondary N) is 1. The van der Waals surface area contributed by atoms with E-state index in [2.05, 4.69) is 5.32 Å². The highest BCUT2D eigenvalue weighted by Gasteiger charge is 2.17. The van der Waals surface area contributed by atoms with E-state index in [0.29, 0.717) is 4.88 Å². The zero-order chi connectivity index (χ0) is 11.6. The number of thiophene rings is 1. The number of aromatic carboxylic acids is 1. The van der Waals surface area contributed by atoms with E-state index in [4.69, 9.17) is 5.11 Å². The fraction of sp³-hybridized carbons (Fsp3) is 0.400. The van der Waals surface area contributed by atoms with Crippen molar-refractivity contribution in [3.8, 4) is 0 Å². The van der Waals surface area contributed by atoms with Crippen LogP contribution in [0.4, 0.5) is 0 Å². The van der Waals surface area contributed by atoms with Crippen molar-refractivity contribution in [1.29, 1.82) is 0 Å². The minimum Gasteiger partial charge on any atom is -0.477 e. The van der Waals surface area contributed by atoms with Gasteiger partial charge in [-0.25, -0.2) is 4.79 Å². The van der Waals surface area contributed by atoms with Crippen molar-refractivity contribution in [3.63, 3.8) is 0 Å². The lowest BCUT2D eigenvalue weighted by Crippen LogP contribution is -2.40. The van der Waals surface area contributed by atoms with Crippen molar-refractivity contribution in [3.05, 3.63) is 21.9 Å². The van der Waals surface area contributed by atoms with Gasteiger partial charge in [0.2, 0.25) is 0 Å². The average molecular weight is 227 g/mol. The molecule has 1 aromatic heterocycles. The maximum Gasteiger partial charge on any atom is 0.345 e. The molecule has 1 amide bonds. The van der Waals surface area contributed by atoms with Crippen molar-refractivity contribution >= 4 is 23.2 Å². The zero-order valence-electron chi connectivity index (χ0n) is 8.83. The molecule has 0 aromatic carbocycles. The van der Waals surface area contributed by atoms with E-state index in [9.17, 15) is 9.59 Å². The number of rotatable bonds is 2. The van der Waals surface area contributed by atoms with Crippen LogP contribution in [0.2, 0.25) is 0 Å². The normalized spacial score (nSPS) is 11.1. The van der Waals surface area contributed by atoms with E-state index in [1.165, 1.54) is 12.1 Å². The summed E-state index contributed by atoms with van der Waals surface area (Å²) in [6.07, 6.45) is 0. The Morgan fingerprint density at radius 3 is 2.20 bits per heavy atom. The third kappa shape index (κ3) is 3.36. The summed E-state index contributed by atoms with van der Waals surface area (Å²) in [7, 11) is 0. The van der Waals surface area contributed by atoms with Crippen LogP contribution in [0.5, 0.6) is 0 Å². The largest absolute Gasteiger partial charge is 0.477 e. The van der Waals surface area contributed by atoms with E-state index in [0.717, 1.165) is 11.3 Å². The zero-order valence-corrected chi connectivity index (χ0v) is 9.64. The highest BCUT2D eigenvalue weighted by Crippen LogP contribution is 2.17. The Bertz CT molecular complexity index is 390. The van der Waals surface area contributed by atoms with Gasteiger partial charge in [-0.1, -0.05) is 0 Å².